The van der Waals surface area contributed by atoms with E-state index in [1.54, 1.807) is 24.3 Å². The van der Waals surface area contributed by atoms with Crippen molar-refractivity contribution < 1.29 is 9.53 Å². The van der Waals surface area contributed by atoms with Crippen LogP contribution < -0.4 is 14.8 Å². The number of hydrogen-bond donors (Lipinski definition) is 2. The molecule has 0 saturated carbocycles. The van der Waals surface area contributed by atoms with Crippen LogP contribution in [0.1, 0.15) is 5.56 Å². The number of rotatable bonds is 4. The number of ether oxygens (including phenoxy) is 1. The smallest absolute Gasteiger partial charge is 0.329 e. The Morgan fingerprint density at radius 3 is 2.32 bits per heavy atom. The molecule has 4 nitrogen and oxygen atoms in total. The number of nitrogens with zero attached hydrogens (tertiary/aromatic N) is 1. The molecule has 0 saturated heterocycles. The molecule has 0 aliphatic heterocycles. The van der Waals surface area contributed by atoms with Gasteiger partial charge in [0.05, 0.1) is 5.69 Å². The third-order valence-electron chi connectivity index (χ3n) is 2.54. The van der Waals surface area contributed by atoms with Crippen LogP contribution in [-0.2, 0) is 6.61 Å². The average molecular weight is 274 g/mol. The van der Waals surface area contributed by atoms with E-state index in [1.165, 1.54) is 0 Å². The Balaban J connectivity index is 1.97. The number of hydrogen-bond acceptors (Lipinski definition) is 3. The molecule has 0 heterocycles. The first kappa shape index (κ1) is 13.3. The monoisotopic (exact) mass is 274 g/mol. The van der Waals surface area contributed by atoms with Gasteiger partial charge in [-0.2, -0.15) is 0 Å². The summed E-state index contributed by atoms with van der Waals surface area (Å²) in [5, 5.41) is 0. The number of primary amides is 1. The molecule has 0 fully saturated rings. The lowest BCUT2D eigenvalue weighted by Gasteiger charge is -2.13. The minimum absolute atomic E-state index is 0.501. The Bertz CT molecular complexity index is 543. The molecule has 0 atom stereocenters. The minimum atomic E-state index is -0.624. The number of carbonyl (C=O) groups excluding carboxylic acids is 1. The number of thiol groups is 1. The third kappa shape index (κ3) is 3.66. The Hall–Kier alpha value is -2.14. The highest BCUT2D eigenvalue weighted by Crippen LogP contribution is 2.21. The Labute approximate surface area is 117 Å². The van der Waals surface area contributed by atoms with Crippen molar-refractivity contribution in [2.45, 2.75) is 6.61 Å². The van der Waals surface area contributed by atoms with Crippen molar-refractivity contribution in [2.24, 2.45) is 5.73 Å². The molecule has 2 aromatic rings. The van der Waals surface area contributed by atoms with Crippen LogP contribution in [0.2, 0.25) is 0 Å². The van der Waals surface area contributed by atoms with Crippen LogP contribution in [-0.4, -0.2) is 6.03 Å². The van der Waals surface area contributed by atoms with Gasteiger partial charge in [-0.05, 0) is 29.8 Å². The second kappa shape index (κ2) is 6.15. The molecule has 2 aromatic carbocycles. The highest BCUT2D eigenvalue weighted by molar-refractivity contribution is 7.82. The molecule has 2 N–H and O–H groups in total. The van der Waals surface area contributed by atoms with Crippen molar-refractivity contribution >= 4 is 24.5 Å². The first-order valence-corrected chi connectivity index (χ1v) is 6.12. The number of nitrogens with two attached hydrogens (primary N) is 1. The first-order valence-electron chi connectivity index (χ1n) is 5.72. The number of amides is 2. The van der Waals surface area contributed by atoms with Gasteiger partial charge >= 0.3 is 6.03 Å². The summed E-state index contributed by atoms with van der Waals surface area (Å²) in [5.41, 5.74) is 6.82. The summed E-state index contributed by atoms with van der Waals surface area (Å²) in [7, 11) is 0. The zero-order valence-electron chi connectivity index (χ0n) is 10.2. The number of carbonyl (C=O) groups is 1. The van der Waals surface area contributed by atoms with Crippen molar-refractivity contribution in [3.63, 3.8) is 0 Å². The van der Waals surface area contributed by atoms with Crippen LogP contribution in [0.25, 0.3) is 0 Å². The van der Waals surface area contributed by atoms with Gasteiger partial charge in [-0.3, -0.25) is 0 Å². The fourth-order valence-electron chi connectivity index (χ4n) is 1.55. The van der Waals surface area contributed by atoms with Gasteiger partial charge in [0.15, 0.2) is 0 Å². The summed E-state index contributed by atoms with van der Waals surface area (Å²) in [6.45, 7) is 0.501. The fraction of sp³-hybridized carbons (Fsp3) is 0.0714. The summed E-state index contributed by atoms with van der Waals surface area (Å²) < 4.78 is 6.70. The molecule has 0 spiro atoms. The maximum Gasteiger partial charge on any atom is 0.329 e. The van der Waals surface area contributed by atoms with Gasteiger partial charge in [-0.1, -0.05) is 43.1 Å². The molecule has 0 aromatic heterocycles. The quantitative estimate of drug-likeness (QED) is 0.842. The largest absolute Gasteiger partial charge is 0.489 e. The lowest BCUT2D eigenvalue weighted by atomic mass is 10.2. The van der Waals surface area contributed by atoms with E-state index < -0.39 is 6.03 Å². The molecule has 0 bridgehead atoms. The molecule has 2 amide bonds. The van der Waals surface area contributed by atoms with E-state index in [0.717, 1.165) is 15.6 Å². The van der Waals surface area contributed by atoms with Crippen molar-refractivity contribution in [2.75, 3.05) is 4.31 Å². The number of anilines is 1. The van der Waals surface area contributed by atoms with Crippen LogP contribution in [0.3, 0.4) is 0 Å². The van der Waals surface area contributed by atoms with Gasteiger partial charge in [0, 0.05) is 0 Å². The highest BCUT2D eigenvalue weighted by Gasteiger charge is 2.07. The van der Waals surface area contributed by atoms with Crippen molar-refractivity contribution in [3.05, 3.63) is 60.2 Å². The molecule has 0 radical (unpaired) electrons. The van der Waals surface area contributed by atoms with E-state index in [9.17, 15) is 4.79 Å². The summed E-state index contributed by atoms with van der Waals surface area (Å²) in [6.07, 6.45) is 0. The second-order valence-corrected chi connectivity index (χ2v) is 4.32. The molecule has 5 heteroatoms. The third-order valence-corrected chi connectivity index (χ3v) is 2.97. The standard InChI is InChI=1S/C14H14N2O2S/c15-14(17)16(19)12-6-8-13(9-7-12)18-10-11-4-2-1-3-5-11/h1-9,19H,10H2,(H2,15,17). The second-order valence-electron chi connectivity index (χ2n) is 3.92. The van der Waals surface area contributed by atoms with Crippen LogP contribution in [0.15, 0.2) is 54.6 Å². The van der Waals surface area contributed by atoms with Crippen LogP contribution >= 0.6 is 12.8 Å². The van der Waals surface area contributed by atoms with E-state index in [1.807, 2.05) is 30.3 Å². The Kier molecular flexibility index (Phi) is 4.30. The van der Waals surface area contributed by atoms with Gasteiger partial charge in [0.25, 0.3) is 0 Å². The molecule has 0 aliphatic rings. The van der Waals surface area contributed by atoms with Crippen LogP contribution in [0, 0.1) is 0 Å². The Morgan fingerprint density at radius 1 is 1.11 bits per heavy atom. The molecular weight excluding hydrogens is 260 g/mol. The van der Waals surface area contributed by atoms with E-state index in [-0.39, 0.29) is 0 Å². The lowest BCUT2D eigenvalue weighted by molar-refractivity contribution is 0.257. The fourth-order valence-corrected chi connectivity index (χ4v) is 1.69. The Morgan fingerprint density at radius 2 is 1.74 bits per heavy atom. The minimum Gasteiger partial charge on any atom is -0.489 e. The number of urea groups is 1. The first-order chi connectivity index (χ1) is 9.16. The zero-order valence-corrected chi connectivity index (χ0v) is 11.1. The predicted octanol–water partition coefficient (Wildman–Crippen LogP) is 3.00. The van der Waals surface area contributed by atoms with Crippen LogP contribution in [0.5, 0.6) is 5.75 Å². The molecule has 98 valence electrons. The van der Waals surface area contributed by atoms with Crippen LogP contribution in [0.4, 0.5) is 10.5 Å². The summed E-state index contributed by atoms with van der Waals surface area (Å²) in [5.74, 6) is 0.721. The summed E-state index contributed by atoms with van der Waals surface area (Å²) >= 11 is 3.98. The normalized spacial score (nSPS) is 9.95. The predicted molar refractivity (Wildman–Crippen MR) is 78.3 cm³/mol. The van der Waals surface area contributed by atoms with Gasteiger partial charge in [-0.15, -0.1) is 0 Å². The highest BCUT2D eigenvalue weighted by atomic mass is 32.1. The molecule has 19 heavy (non-hydrogen) atoms. The molecule has 0 unspecified atom stereocenters. The molecular formula is C14H14N2O2S. The van der Waals surface area contributed by atoms with E-state index >= 15 is 0 Å². The topological polar surface area (TPSA) is 55.6 Å². The van der Waals surface area contributed by atoms with Crippen molar-refractivity contribution in [1.82, 2.24) is 0 Å². The zero-order chi connectivity index (χ0) is 13.7. The average Bonchev–Trinajstić information content (AvgIpc) is 2.46. The van der Waals surface area contributed by atoms with Crippen molar-refractivity contribution in [3.8, 4) is 5.75 Å². The summed E-state index contributed by atoms with van der Waals surface area (Å²) in [6, 6.07) is 16.2. The van der Waals surface area contributed by atoms with E-state index in [2.05, 4.69) is 12.8 Å². The molecule has 2 rings (SSSR count). The SMILES string of the molecule is NC(=O)N(S)c1ccc(OCc2ccccc2)cc1. The number of benzene rings is 2. The van der Waals surface area contributed by atoms with E-state index in [4.69, 9.17) is 10.5 Å². The van der Waals surface area contributed by atoms with E-state index in [0.29, 0.717) is 12.3 Å². The lowest BCUT2D eigenvalue weighted by Crippen LogP contribution is -2.27. The van der Waals surface area contributed by atoms with Crippen molar-refractivity contribution in [1.29, 1.82) is 0 Å². The molecule has 0 aliphatic carbocycles. The maximum atomic E-state index is 10.9. The van der Waals surface area contributed by atoms with Gasteiger partial charge in [0.2, 0.25) is 0 Å². The summed E-state index contributed by atoms with van der Waals surface area (Å²) in [4.78, 5) is 10.9. The van der Waals surface area contributed by atoms with Gasteiger partial charge < -0.3 is 10.5 Å². The maximum absolute atomic E-state index is 10.9. The van der Waals surface area contributed by atoms with Gasteiger partial charge in [0.1, 0.15) is 12.4 Å². The van der Waals surface area contributed by atoms with Gasteiger partial charge in [-0.25, -0.2) is 9.10 Å².